The molecular formula is C13H11F9O4S2. The lowest BCUT2D eigenvalue weighted by Gasteiger charge is -2.32. The first-order valence-electron chi connectivity index (χ1n) is 6.79. The monoisotopic (exact) mass is 466 g/mol. The van der Waals surface area contributed by atoms with Crippen LogP contribution in [0.1, 0.15) is 11.1 Å². The summed E-state index contributed by atoms with van der Waals surface area (Å²) in [6.07, 6.45) is -7.15. The van der Waals surface area contributed by atoms with E-state index in [4.69, 9.17) is 4.74 Å². The smallest absolute Gasteiger partial charge is 0.460 e. The first-order chi connectivity index (χ1) is 12.3. The Hall–Kier alpha value is -1.35. The summed E-state index contributed by atoms with van der Waals surface area (Å²) in [5, 5.41) is -6.90. The van der Waals surface area contributed by atoms with Crippen LogP contribution < -0.4 is 4.74 Å². The molecule has 0 radical (unpaired) electrons. The summed E-state index contributed by atoms with van der Waals surface area (Å²) in [7, 11) is -5.65. The third-order valence-electron chi connectivity index (χ3n) is 3.29. The van der Waals surface area contributed by atoms with Crippen LogP contribution in [0.2, 0.25) is 0 Å². The van der Waals surface area contributed by atoms with Crippen LogP contribution in [0.15, 0.2) is 17.0 Å². The molecule has 0 spiro atoms. The van der Waals surface area contributed by atoms with E-state index in [1.54, 1.807) is 0 Å². The fraction of sp³-hybridized carbons (Fsp3) is 0.538. The van der Waals surface area contributed by atoms with Crippen LogP contribution in [-0.2, 0) is 13.7 Å². The van der Waals surface area contributed by atoms with Gasteiger partial charge in [-0.15, -0.1) is 0 Å². The molecule has 4 nitrogen and oxygen atoms in total. The maximum Gasteiger partial charge on any atom is 0.460 e. The van der Waals surface area contributed by atoms with Crippen molar-refractivity contribution in [1.82, 2.24) is 0 Å². The quantitative estimate of drug-likeness (QED) is 0.414. The second-order valence-corrected chi connectivity index (χ2v) is 7.96. The molecule has 15 heteroatoms. The van der Waals surface area contributed by atoms with Crippen LogP contribution in [0, 0.1) is 13.8 Å². The van der Waals surface area contributed by atoms with Gasteiger partial charge in [-0.05, 0) is 37.1 Å². The van der Waals surface area contributed by atoms with E-state index >= 15 is 0 Å². The number of hydrogen-bond acceptors (Lipinski definition) is 5. The lowest BCUT2D eigenvalue weighted by molar-refractivity contribution is -0.382. The Morgan fingerprint density at radius 2 is 1.29 bits per heavy atom. The number of alkyl halides is 9. The maximum atomic E-state index is 13.5. The second kappa shape index (κ2) is 7.48. The Bertz CT molecular complexity index is 812. The third-order valence-corrected chi connectivity index (χ3v) is 5.59. The van der Waals surface area contributed by atoms with Crippen molar-refractivity contribution < 1.29 is 56.3 Å². The average molecular weight is 466 g/mol. The van der Waals surface area contributed by atoms with Crippen molar-refractivity contribution in [3.63, 3.8) is 0 Å². The minimum Gasteiger partial charge on any atom is -0.496 e. The summed E-state index contributed by atoms with van der Waals surface area (Å²) in [5.74, 6) is -14.4. The molecule has 0 aromatic heterocycles. The van der Waals surface area contributed by atoms with Gasteiger partial charge in [0.15, 0.2) is 0 Å². The number of ether oxygens (including phenoxy) is 1. The zero-order chi connectivity index (χ0) is 22.3. The van der Waals surface area contributed by atoms with Crippen LogP contribution in [0.3, 0.4) is 0 Å². The fourth-order valence-electron chi connectivity index (χ4n) is 1.93. The minimum atomic E-state index is -7.35. The number of benzene rings is 1. The van der Waals surface area contributed by atoms with Crippen molar-refractivity contribution in [2.45, 2.75) is 42.0 Å². The lowest BCUT2D eigenvalue weighted by Crippen LogP contribution is -2.63. The van der Waals surface area contributed by atoms with Crippen molar-refractivity contribution in [2.75, 3.05) is 7.11 Å². The molecule has 0 unspecified atom stereocenters. The number of aryl methyl sites for hydroxylation is 2. The van der Waals surface area contributed by atoms with Gasteiger partial charge in [0.05, 0.1) is 7.11 Å². The first-order valence-corrected chi connectivity index (χ1v) is 8.94. The molecule has 1 rings (SSSR count). The summed E-state index contributed by atoms with van der Waals surface area (Å²) >= 11 is -0.447. The summed E-state index contributed by atoms with van der Waals surface area (Å²) in [4.78, 5) is -0.249. The highest BCUT2D eigenvalue weighted by atomic mass is 32.3. The number of halogens is 9. The molecule has 0 heterocycles. The van der Waals surface area contributed by atoms with E-state index in [-0.39, 0.29) is 4.90 Å². The summed E-state index contributed by atoms with van der Waals surface area (Å²) in [6, 6.07) is 2.24. The Labute approximate surface area is 157 Å². The highest BCUT2D eigenvalue weighted by molar-refractivity contribution is 8.04. The van der Waals surface area contributed by atoms with E-state index in [2.05, 4.69) is 3.63 Å². The molecule has 0 aliphatic heterocycles. The van der Waals surface area contributed by atoms with Gasteiger partial charge in [0.25, 0.3) is 0 Å². The van der Waals surface area contributed by atoms with Crippen molar-refractivity contribution in [3.8, 4) is 5.75 Å². The molecule has 0 fully saturated rings. The Balaban J connectivity index is 3.22. The molecule has 0 atom stereocenters. The van der Waals surface area contributed by atoms with Crippen LogP contribution in [0.25, 0.3) is 0 Å². The normalized spacial score (nSPS) is 14.3. The molecule has 0 saturated heterocycles. The zero-order valence-corrected chi connectivity index (χ0v) is 15.6. The van der Waals surface area contributed by atoms with Gasteiger partial charge in [0.2, 0.25) is 0 Å². The predicted molar refractivity (Wildman–Crippen MR) is 79.2 cm³/mol. The highest BCUT2D eigenvalue weighted by Crippen LogP contribution is 2.55. The van der Waals surface area contributed by atoms with Crippen molar-refractivity contribution in [1.29, 1.82) is 0 Å². The number of hydrogen-bond donors (Lipinski definition) is 0. The summed E-state index contributed by atoms with van der Waals surface area (Å²) in [6.45, 7) is 2.88. The van der Waals surface area contributed by atoms with E-state index in [0.29, 0.717) is 16.9 Å². The maximum absolute atomic E-state index is 13.5. The SMILES string of the molecule is COc1c(C)cc(SOS(=O)(=O)C(F)(F)C(F)(F)C(F)(F)C(F)(F)F)cc1C. The van der Waals surface area contributed by atoms with E-state index in [1.807, 2.05) is 0 Å². The summed E-state index contributed by atoms with van der Waals surface area (Å²) < 4.78 is 146. The average Bonchev–Trinajstić information content (AvgIpc) is 2.51. The highest BCUT2D eigenvalue weighted by Gasteiger charge is 2.85. The Morgan fingerprint density at radius 3 is 1.64 bits per heavy atom. The first kappa shape index (κ1) is 24.7. The molecule has 0 saturated carbocycles. The van der Waals surface area contributed by atoms with Gasteiger partial charge in [-0.3, -0.25) is 0 Å². The molecule has 1 aromatic carbocycles. The van der Waals surface area contributed by atoms with Crippen LogP contribution in [-0.4, -0.2) is 38.8 Å². The number of methoxy groups -OCH3 is 1. The molecule has 0 bridgehead atoms. The van der Waals surface area contributed by atoms with Crippen LogP contribution in [0.4, 0.5) is 39.5 Å². The zero-order valence-electron chi connectivity index (χ0n) is 14.0. The van der Waals surface area contributed by atoms with Gasteiger partial charge in [-0.25, -0.2) is 0 Å². The molecule has 1 aromatic rings. The molecule has 162 valence electrons. The second-order valence-electron chi connectivity index (χ2n) is 5.36. The Morgan fingerprint density at radius 1 is 0.857 bits per heavy atom. The Kier molecular flexibility index (Phi) is 6.59. The molecule has 0 aliphatic carbocycles. The largest absolute Gasteiger partial charge is 0.496 e. The molecule has 0 N–H and O–H groups in total. The van der Waals surface area contributed by atoms with Crippen molar-refractivity contribution in [3.05, 3.63) is 23.3 Å². The van der Waals surface area contributed by atoms with Gasteiger partial charge in [0.1, 0.15) is 5.75 Å². The summed E-state index contributed by atoms with van der Waals surface area (Å²) in [5.41, 5.74) is 0.679. The molecule has 0 amide bonds. The van der Waals surface area contributed by atoms with Crippen molar-refractivity contribution in [2.24, 2.45) is 0 Å². The van der Waals surface area contributed by atoms with Gasteiger partial charge < -0.3 is 4.74 Å². The van der Waals surface area contributed by atoms with Crippen LogP contribution >= 0.6 is 12.0 Å². The van der Waals surface area contributed by atoms with E-state index in [1.165, 1.54) is 21.0 Å². The predicted octanol–water partition coefficient (Wildman–Crippen LogP) is 5.09. The van der Waals surface area contributed by atoms with Gasteiger partial charge in [0, 0.05) is 16.9 Å². The standard InChI is InChI=1S/C13H11F9O4S2/c1-6-4-8(5-7(2)9(6)25-3)27-26-28(23,24)13(21,22)11(16,17)10(14,15)12(18,19)20/h4-5H,1-3H3. The topological polar surface area (TPSA) is 52.6 Å². The van der Waals surface area contributed by atoms with Gasteiger partial charge in [-0.2, -0.15) is 51.6 Å². The van der Waals surface area contributed by atoms with Gasteiger partial charge >= 0.3 is 33.4 Å². The van der Waals surface area contributed by atoms with Crippen LogP contribution in [0.5, 0.6) is 5.75 Å². The minimum absolute atomic E-state index is 0.249. The number of rotatable bonds is 7. The van der Waals surface area contributed by atoms with Crippen molar-refractivity contribution >= 4 is 22.2 Å². The molecular weight excluding hydrogens is 455 g/mol. The van der Waals surface area contributed by atoms with E-state index in [0.717, 1.165) is 12.1 Å². The van der Waals surface area contributed by atoms with E-state index < -0.39 is 45.4 Å². The fourth-order valence-corrected chi connectivity index (χ4v) is 3.83. The molecule has 0 aliphatic rings. The molecule has 28 heavy (non-hydrogen) atoms. The third kappa shape index (κ3) is 4.01. The van der Waals surface area contributed by atoms with Gasteiger partial charge in [-0.1, -0.05) is 0 Å². The lowest BCUT2D eigenvalue weighted by atomic mass is 10.1. The van der Waals surface area contributed by atoms with E-state index in [9.17, 15) is 47.9 Å².